The number of anilines is 1. The quantitative estimate of drug-likeness (QED) is 0.815. The third-order valence-corrected chi connectivity index (χ3v) is 3.91. The molecule has 0 saturated carbocycles. The molecule has 110 valence electrons. The Morgan fingerprint density at radius 3 is 2.80 bits per heavy atom. The van der Waals surface area contributed by atoms with E-state index in [-0.39, 0.29) is 18.6 Å². The molecule has 1 aromatic rings. The lowest BCUT2D eigenvalue weighted by Gasteiger charge is -2.32. The first-order chi connectivity index (χ1) is 9.61. The standard InChI is InChI=1S/C14H19BrN2O3/c15-10-1-2-13(16)12(9-10)14(19)17-5-3-11(4-6-17)20-8-7-18/h1-2,9,11,18H,3-8,16H2. The molecule has 3 N–H and O–H groups in total. The Labute approximate surface area is 126 Å². The van der Waals surface area contributed by atoms with Gasteiger partial charge in [-0.05, 0) is 31.0 Å². The number of nitrogen functional groups attached to an aromatic ring is 1. The third kappa shape index (κ3) is 3.71. The van der Waals surface area contributed by atoms with E-state index in [0.29, 0.717) is 30.9 Å². The zero-order chi connectivity index (χ0) is 14.5. The monoisotopic (exact) mass is 342 g/mol. The minimum Gasteiger partial charge on any atom is -0.398 e. The molecule has 5 nitrogen and oxygen atoms in total. The van der Waals surface area contributed by atoms with Crippen LogP contribution in [0.15, 0.2) is 22.7 Å². The number of piperidine rings is 1. The van der Waals surface area contributed by atoms with Gasteiger partial charge in [0.15, 0.2) is 0 Å². The van der Waals surface area contributed by atoms with Crippen LogP contribution in [0.4, 0.5) is 5.69 Å². The molecule has 0 unspecified atom stereocenters. The number of nitrogens with two attached hydrogens (primary N) is 1. The number of carbonyl (C=O) groups excluding carboxylic acids is 1. The van der Waals surface area contributed by atoms with Crippen molar-refractivity contribution in [3.8, 4) is 0 Å². The normalized spacial score (nSPS) is 16.4. The van der Waals surface area contributed by atoms with Gasteiger partial charge in [-0.15, -0.1) is 0 Å². The molecule has 1 aliphatic rings. The molecular weight excluding hydrogens is 324 g/mol. The Bertz CT molecular complexity index is 473. The lowest BCUT2D eigenvalue weighted by Crippen LogP contribution is -2.41. The van der Waals surface area contributed by atoms with E-state index in [9.17, 15) is 4.79 Å². The number of likely N-dealkylation sites (tertiary alicyclic amines) is 1. The number of rotatable bonds is 4. The molecule has 0 bridgehead atoms. The van der Waals surface area contributed by atoms with E-state index < -0.39 is 0 Å². The van der Waals surface area contributed by atoms with Crippen LogP contribution in [0.3, 0.4) is 0 Å². The highest BCUT2D eigenvalue weighted by molar-refractivity contribution is 9.10. The van der Waals surface area contributed by atoms with Gasteiger partial charge in [0.2, 0.25) is 0 Å². The van der Waals surface area contributed by atoms with E-state index in [2.05, 4.69) is 15.9 Å². The first-order valence-corrected chi connectivity index (χ1v) is 7.48. The smallest absolute Gasteiger partial charge is 0.255 e. The van der Waals surface area contributed by atoms with Crippen LogP contribution >= 0.6 is 15.9 Å². The maximum Gasteiger partial charge on any atom is 0.255 e. The maximum absolute atomic E-state index is 12.4. The molecule has 1 fully saturated rings. The fourth-order valence-corrected chi connectivity index (χ4v) is 2.69. The minimum absolute atomic E-state index is 0.0354. The zero-order valence-electron chi connectivity index (χ0n) is 11.2. The Hall–Kier alpha value is -1.11. The molecule has 0 aliphatic carbocycles. The highest BCUT2D eigenvalue weighted by atomic mass is 79.9. The zero-order valence-corrected chi connectivity index (χ0v) is 12.8. The summed E-state index contributed by atoms with van der Waals surface area (Å²) >= 11 is 3.36. The number of halogens is 1. The number of hydrogen-bond donors (Lipinski definition) is 2. The molecule has 6 heteroatoms. The predicted octanol–water partition coefficient (Wildman–Crippen LogP) is 1.64. The summed E-state index contributed by atoms with van der Waals surface area (Å²) in [5.74, 6) is -0.0376. The Kier molecular flexibility index (Phi) is 5.39. The highest BCUT2D eigenvalue weighted by Gasteiger charge is 2.25. The second-order valence-corrected chi connectivity index (χ2v) is 5.73. The maximum atomic E-state index is 12.4. The fourth-order valence-electron chi connectivity index (χ4n) is 2.33. The van der Waals surface area contributed by atoms with Crippen LogP contribution in [0.5, 0.6) is 0 Å². The molecule has 1 amide bonds. The average Bonchev–Trinajstić information content (AvgIpc) is 2.47. The van der Waals surface area contributed by atoms with E-state index in [1.54, 1.807) is 17.0 Å². The summed E-state index contributed by atoms with van der Waals surface area (Å²) in [6, 6.07) is 5.31. The van der Waals surface area contributed by atoms with E-state index in [1.165, 1.54) is 0 Å². The largest absolute Gasteiger partial charge is 0.398 e. The van der Waals surface area contributed by atoms with Crippen molar-refractivity contribution < 1.29 is 14.6 Å². The van der Waals surface area contributed by atoms with Gasteiger partial charge in [-0.25, -0.2) is 0 Å². The van der Waals surface area contributed by atoms with Crippen LogP contribution in [0.25, 0.3) is 0 Å². The number of ether oxygens (including phenoxy) is 1. The fraction of sp³-hybridized carbons (Fsp3) is 0.500. The topological polar surface area (TPSA) is 75.8 Å². The molecule has 1 aromatic carbocycles. The summed E-state index contributed by atoms with van der Waals surface area (Å²) in [6.07, 6.45) is 1.71. The van der Waals surface area contributed by atoms with Crippen LogP contribution < -0.4 is 5.73 Å². The van der Waals surface area contributed by atoms with Crippen LogP contribution in [-0.2, 0) is 4.74 Å². The molecular formula is C14H19BrN2O3. The number of benzene rings is 1. The lowest BCUT2D eigenvalue weighted by atomic mass is 10.1. The first-order valence-electron chi connectivity index (χ1n) is 6.68. The molecule has 0 radical (unpaired) electrons. The molecule has 1 saturated heterocycles. The van der Waals surface area contributed by atoms with Crippen molar-refractivity contribution in [1.29, 1.82) is 0 Å². The predicted molar refractivity (Wildman–Crippen MR) is 80.5 cm³/mol. The Balaban J connectivity index is 1.96. The van der Waals surface area contributed by atoms with Gasteiger partial charge >= 0.3 is 0 Å². The van der Waals surface area contributed by atoms with E-state index in [0.717, 1.165) is 17.3 Å². The first kappa shape index (κ1) is 15.3. The van der Waals surface area contributed by atoms with Gasteiger partial charge in [0.25, 0.3) is 5.91 Å². The number of aliphatic hydroxyl groups excluding tert-OH is 1. The summed E-state index contributed by atoms with van der Waals surface area (Å²) in [5.41, 5.74) is 6.90. The van der Waals surface area contributed by atoms with Crippen LogP contribution in [-0.4, -0.2) is 48.3 Å². The summed E-state index contributed by atoms with van der Waals surface area (Å²) in [7, 11) is 0. The number of aliphatic hydroxyl groups is 1. The van der Waals surface area contributed by atoms with E-state index in [4.69, 9.17) is 15.6 Å². The van der Waals surface area contributed by atoms with Gasteiger partial charge in [0.05, 0.1) is 24.9 Å². The molecule has 0 spiro atoms. The van der Waals surface area contributed by atoms with Gasteiger partial charge in [0, 0.05) is 23.2 Å². The molecule has 0 atom stereocenters. The second-order valence-electron chi connectivity index (χ2n) is 4.82. The average molecular weight is 343 g/mol. The van der Waals surface area contributed by atoms with Gasteiger partial charge in [0.1, 0.15) is 0 Å². The van der Waals surface area contributed by atoms with Crippen LogP contribution in [0, 0.1) is 0 Å². The van der Waals surface area contributed by atoms with Crippen molar-refractivity contribution in [2.45, 2.75) is 18.9 Å². The highest BCUT2D eigenvalue weighted by Crippen LogP contribution is 2.22. The molecule has 1 heterocycles. The van der Waals surface area contributed by atoms with Crippen molar-refractivity contribution in [3.05, 3.63) is 28.2 Å². The molecule has 0 aromatic heterocycles. The van der Waals surface area contributed by atoms with Gasteiger partial charge in [-0.2, -0.15) is 0 Å². The Morgan fingerprint density at radius 1 is 1.45 bits per heavy atom. The minimum atomic E-state index is -0.0376. The van der Waals surface area contributed by atoms with Gasteiger partial charge in [-0.1, -0.05) is 15.9 Å². The van der Waals surface area contributed by atoms with Crippen molar-refractivity contribution in [1.82, 2.24) is 4.90 Å². The SMILES string of the molecule is Nc1ccc(Br)cc1C(=O)N1CCC(OCCO)CC1. The van der Waals surface area contributed by atoms with Gasteiger partial charge in [-0.3, -0.25) is 4.79 Å². The van der Waals surface area contributed by atoms with E-state index >= 15 is 0 Å². The summed E-state index contributed by atoms with van der Waals surface area (Å²) in [6.45, 7) is 1.70. The number of amides is 1. The second kappa shape index (κ2) is 7.06. The number of nitrogens with zero attached hydrogens (tertiary/aromatic N) is 1. The number of carbonyl (C=O) groups is 1. The molecule has 2 rings (SSSR count). The number of hydrogen-bond acceptors (Lipinski definition) is 4. The van der Waals surface area contributed by atoms with Gasteiger partial charge < -0.3 is 20.5 Å². The van der Waals surface area contributed by atoms with E-state index in [1.807, 2.05) is 6.07 Å². The van der Waals surface area contributed by atoms with Crippen LogP contribution in [0.1, 0.15) is 23.2 Å². The lowest BCUT2D eigenvalue weighted by molar-refractivity contribution is -0.00552. The van der Waals surface area contributed by atoms with Crippen molar-refractivity contribution in [3.63, 3.8) is 0 Å². The summed E-state index contributed by atoms with van der Waals surface area (Å²) < 4.78 is 6.33. The van der Waals surface area contributed by atoms with Crippen molar-refractivity contribution >= 4 is 27.5 Å². The Morgan fingerprint density at radius 2 is 2.15 bits per heavy atom. The third-order valence-electron chi connectivity index (χ3n) is 3.42. The van der Waals surface area contributed by atoms with Crippen molar-refractivity contribution in [2.24, 2.45) is 0 Å². The summed E-state index contributed by atoms with van der Waals surface area (Å²) in [4.78, 5) is 14.2. The van der Waals surface area contributed by atoms with Crippen molar-refractivity contribution in [2.75, 3.05) is 32.0 Å². The van der Waals surface area contributed by atoms with Crippen LogP contribution in [0.2, 0.25) is 0 Å². The molecule has 20 heavy (non-hydrogen) atoms. The summed E-state index contributed by atoms with van der Waals surface area (Å²) in [5, 5.41) is 8.73. The molecule has 1 aliphatic heterocycles.